The number of aldehydes is 1. The molecule has 0 radical (unpaired) electrons. The van der Waals surface area contributed by atoms with Crippen molar-refractivity contribution in [3.05, 3.63) is 40.8 Å². The maximum atomic E-state index is 13.4. The molecule has 1 N–H and O–H groups in total. The Morgan fingerprint density at radius 3 is 2.66 bits per heavy atom. The number of alkyl halides is 2. The molecule has 2 heterocycles. The maximum absolute atomic E-state index is 13.4. The van der Waals surface area contributed by atoms with Crippen molar-refractivity contribution < 1.29 is 17.8 Å². The molecule has 0 aliphatic rings. The second-order valence-corrected chi connectivity index (χ2v) is 9.64. The number of pyridine rings is 1. The quantitative estimate of drug-likeness (QED) is 0.185. The van der Waals surface area contributed by atoms with E-state index in [0.717, 1.165) is 0 Å². The van der Waals surface area contributed by atoms with Gasteiger partial charge in [-0.3, -0.25) is 13.4 Å². The topological polar surface area (TPSA) is 80.1 Å². The normalized spacial score (nSPS) is 12.8. The summed E-state index contributed by atoms with van der Waals surface area (Å²) in [6, 6.07) is 6.27. The third kappa shape index (κ3) is 4.52. The molecule has 29 heavy (non-hydrogen) atoms. The lowest BCUT2D eigenvalue weighted by Crippen LogP contribution is -2.20. The van der Waals surface area contributed by atoms with E-state index < -0.39 is 23.2 Å². The Morgan fingerprint density at radius 2 is 2.07 bits per heavy atom. The van der Waals surface area contributed by atoms with Gasteiger partial charge in [-0.1, -0.05) is 11.6 Å². The fourth-order valence-electron chi connectivity index (χ4n) is 2.63. The summed E-state index contributed by atoms with van der Waals surface area (Å²) in [6.45, 7) is 0. The Labute approximate surface area is 187 Å². The molecule has 154 valence electrons. The van der Waals surface area contributed by atoms with E-state index in [2.05, 4.69) is 15.3 Å². The highest BCUT2D eigenvalue weighted by molar-refractivity contribution is 14.2. The van der Waals surface area contributed by atoms with Crippen molar-refractivity contribution in [3.63, 3.8) is 0 Å². The van der Waals surface area contributed by atoms with E-state index >= 15 is 0 Å². The third-order valence-electron chi connectivity index (χ3n) is 4.04. The molecule has 2 aromatic heterocycles. The number of fused-ring (bicyclic) bond motifs is 1. The van der Waals surface area contributed by atoms with Gasteiger partial charge in [0, 0.05) is 24.9 Å². The first-order valence-corrected chi connectivity index (χ1v) is 13.9. The standard InChI is InChI=1S/C16H14ClF2IN5O2PS/c1-24(29(2)27)11-5-8(7-26)3-4-9(11)21-10-6-12(17)22-15-13(10)23-16(14(18)19)25(15)28-20/h3-7,14,28H,1-2H3,(H,21,22). The molecule has 0 amide bonds. The number of nitrogens with one attached hydrogen (secondary N) is 1. The zero-order chi connectivity index (χ0) is 21.3. The summed E-state index contributed by atoms with van der Waals surface area (Å²) in [4.78, 5) is 19.4. The van der Waals surface area contributed by atoms with E-state index in [1.54, 1.807) is 25.2 Å². The van der Waals surface area contributed by atoms with Crippen LogP contribution in [0.15, 0.2) is 24.3 Å². The molecule has 0 bridgehead atoms. The second kappa shape index (κ2) is 9.15. The first-order valence-electron chi connectivity index (χ1n) is 7.94. The predicted octanol–water partition coefficient (Wildman–Crippen LogP) is 5.10. The SMILES string of the molecule is CN(c1cc(C=O)ccc1Nc1cc(Cl)nc2c1nc(C(F)F)n2PI)S(C)=O. The maximum Gasteiger partial charge on any atom is 0.295 e. The Kier molecular flexibility index (Phi) is 7.02. The van der Waals surface area contributed by atoms with Crippen molar-refractivity contribution in [2.75, 3.05) is 22.9 Å². The predicted molar refractivity (Wildman–Crippen MR) is 123 cm³/mol. The Hall–Kier alpha value is -1.43. The molecule has 3 rings (SSSR count). The number of carbonyl (C=O) groups is 1. The first-order chi connectivity index (χ1) is 13.8. The fraction of sp³-hybridized carbons (Fsp3) is 0.188. The lowest BCUT2D eigenvalue weighted by atomic mass is 10.1. The van der Waals surface area contributed by atoms with Crippen LogP contribution < -0.4 is 9.62 Å². The molecular weight excluding hydrogens is 558 g/mol. The van der Waals surface area contributed by atoms with Crippen LogP contribution in [0.2, 0.25) is 5.15 Å². The van der Waals surface area contributed by atoms with Gasteiger partial charge in [-0.05, 0) is 40.2 Å². The van der Waals surface area contributed by atoms with Crippen LogP contribution in [0.1, 0.15) is 22.6 Å². The van der Waals surface area contributed by atoms with Crippen molar-refractivity contribution in [1.29, 1.82) is 0 Å². The number of imidazole rings is 1. The Bertz CT molecular complexity index is 1120. The second-order valence-electron chi connectivity index (χ2n) is 5.80. The number of nitrogens with zero attached hydrogens (tertiary/aromatic N) is 4. The largest absolute Gasteiger partial charge is 0.352 e. The minimum Gasteiger partial charge on any atom is -0.352 e. The van der Waals surface area contributed by atoms with Gasteiger partial charge in [0.15, 0.2) is 11.5 Å². The monoisotopic (exact) mass is 571 g/mol. The molecule has 0 aliphatic heterocycles. The number of aromatic nitrogens is 3. The minimum atomic E-state index is -2.77. The number of hydrogen-bond donors (Lipinski definition) is 1. The van der Waals surface area contributed by atoms with Crippen molar-refractivity contribution in [3.8, 4) is 0 Å². The van der Waals surface area contributed by atoms with Gasteiger partial charge < -0.3 is 5.32 Å². The summed E-state index contributed by atoms with van der Waals surface area (Å²) in [7, 11) is 0.254. The van der Waals surface area contributed by atoms with Crippen LogP contribution in [0.5, 0.6) is 0 Å². The third-order valence-corrected chi connectivity index (χ3v) is 7.26. The lowest BCUT2D eigenvalue weighted by Gasteiger charge is -2.21. The molecule has 2 atom stereocenters. The molecule has 7 nitrogen and oxygen atoms in total. The van der Waals surface area contributed by atoms with E-state index in [1.165, 1.54) is 21.0 Å². The zero-order valence-corrected chi connectivity index (χ0v) is 19.7. The van der Waals surface area contributed by atoms with Crippen molar-refractivity contribution >= 4 is 85.5 Å². The highest BCUT2D eigenvalue weighted by atomic mass is 127. The van der Waals surface area contributed by atoms with Crippen molar-refractivity contribution in [2.45, 2.75) is 6.43 Å². The van der Waals surface area contributed by atoms with Gasteiger partial charge in [0.05, 0.1) is 23.4 Å². The van der Waals surface area contributed by atoms with Crippen LogP contribution in [0, 0.1) is 0 Å². The van der Waals surface area contributed by atoms with Gasteiger partial charge in [-0.15, -0.1) is 0 Å². The zero-order valence-electron chi connectivity index (χ0n) is 15.0. The average Bonchev–Trinajstić information content (AvgIpc) is 3.06. The summed E-state index contributed by atoms with van der Waals surface area (Å²) in [5, 5.41) is 3.22. The molecule has 13 heteroatoms. The van der Waals surface area contributed by atoms with Crippen LogP contribution in [0.4, 0.5) is 25.8 Å². The van der Waals surface area contributed by atoms with Gasteiger partial charge in [-0.2, -0.15) is 0 Å². The number of carbonyl (C=O) groups excluding carboxylic acids is 1. The number of rotatable bonds is 7. The summed E-state index contributed by atoms with van der Waals surface area (Å²) in [5.41, 5.74) is 2.23. The minimum absolute atomic E-state index is 0.0431. The van der Waals surface area contributed by atoms with Crippen LogP contribution in [-0.4, -0.2) is 38.1 Å². The summed E-state index contributed by atoms with van der Waals surface area (Å²) in [6.07, 6.45) is -0.636. The molecule has 1 aromatic carbocycles. The number of anilines is 3. The van der Waals surface area contributed by atoms with Gasteiger partial charge in [-0.25, -0.2) is 23.0 Å². The fourth-order valence-corrected chi connectivity index (χ4v) is 5.14. The molecule has 0 saturated heterocycles. The van der Waals surface area contributed by atoms with Crippen LogP contribution >= 0.6 is 40.0 Å². The molecule has 0 fully saturated rings. The Morgan fingerprint density at radius 1 is 1.34 bits per heavy atom. The average molecular weight is 572 g/mol. The van der Waals surface area contributed by atoms with E-state index in [1.807, 2.05) is 22.0 Å². The highest BCUT2D eigenvalue weighted by Crippen LogP contribution is 2.39. The highest BCUT2D eigenvalue weighted by Gasteiger charge is 2.23. The molecule has 3 aromatic rings. The summed E-state index contributed by atoms with van der Waals surface area (Å²) < 4.78 is 41.6. The van der Waals surface area contributed by atoms with E-state index in [4.69, 9.17) is 11.6 Å². The molecule has 2 unspecified atom stereocenters. The summed E-state index contributed by atoms with van der Waals surface area (Å²) in [5.74, 6) is -0.395. The van der Waals surface area contributed by atoms with Crippen molar-refractivity contribution in [1.82, 2.24) is 14.3 Å². The van der Waals surface area contributed by atoms with Gasteiger partial charge in [0.1, 0.15) is 27.9 Å². The smallest absolute Gasteiger partial charge is 0.295 e. The number of hydrogen-bond acceptors (Lipinski definition) is 5. The lowest BCUT2D eigenvalue weighted by molar-refractivity contribution is 0.112. The molecular formula is C16H14ClF2IN5O2PS. The van der Waals surface area contributed by atoms with Gasteiger partial charge in [0.25, 0.3) is 6.43 Å². The molecule has 0 aliphatic carbocycles. The number of benzene rings is 1. The van der Waals surface area contributed by atoms with Crippen LogP contribution in [0.25, 0.3) is 11.2 Å². The molecule has 0 saturated carbocycles. The van der Waals surface area contributed by atoms with Crippen LogP contribution in [-0.2, 0) is 11.0 Å². The Balaban J connectivity index is 2.18. The molecule has 0 spiro atoms. The van der Waals surface area contributed by atoms with Gasteiger partial charge >= 0.3 is 0 Å². The van der Waals surface area contributed by atoms with E-state index in [0.29, 0.717) is 28.9 Å². The van der Waals surface area contributed by atoms with Gasteiger partial charge in [0.2, 0.25) is 0 Å². The van der Waals surface area contributed by atoms with E-state index in [-0.39, 0.29) is 22.7 Å². The van der Waals surface area contributed by atoms with E-state index in [9.17, 15) is 17.8 Å². The summed E-state index contributed by atoms with van der Waals surface area (Å²) >= 11 is 8.10. The number of halogens is 4. The van der Waals surface area contributed by atoms with Crippen molar-refractivity contribution in [2.24, 2.45) is 0 Å². The first kappa shape index (κ1) is 22.3. The van der Waals surface area contributed by atoms with Crippen LogP contribution in [0.3, 0.4) is 0 Å².